The summed E-state index contributed by atoms with van der Waals surface area (Å²) in [5, 5.41) is 3.51. The summed E-state index contributed by atoms with van der Waals surface area (Å²) in [4.78, 5) is 4.58. The molecule has 0 aliphatic carbocycles. The lowest BCUT2D eigenvalue weighted by atomic mass is 10.2. The largest absolute Gasteiger partial charge is 0.472 e. The standard InChI is InChI=1S/C16H19N3O/c1-12(14-7-10-20-11-14)17-8-9-19-13(2)18-15-5-3-4-6-16(15)19/h3-7,10-12,17H,8-9H2,1-2H3. The highest BCUT2D eigenvalue weighted by Crippen LogP contribution is 2.16. The van der Waals surface area contributed by atoms with Crippen LogP contribution in [-0.4, -0.2) is 16.1 Å². The van der Waals surface area contributed by atoms with Crippen LogP contribution < -0.4 is 5.32 Å². The van der Waals surface area contributed by atoms with E-state index in [0.29, 0.717) is 6.04 Å². The highest BCUT2D eigenvalue weighted by atomic mass is 16.3. The molecule has 0 fully saturated rings. The molecule has 0 saturated heterocycles. The number of aromatic nitrogens is 2. The first-order chi connectivity index (χ1) is 9.75. The van der Waals surface area contributed by atoms with Crippen LogP contribution in [0.15, 0.2) is 47.3 Å². The van der Waals surface area contributed by atoms with Gasteiger partial charge in [-0.05, 0) is 32.0 Å². The van der Waals surface area contributed by atoms with Crippen molar-refractivity contribution in [3.8, 4) is 0 Å². The van der Waals surface area contributed by atoms with Crippen molar-refractivity contribution in [1.29, 1.82) is 0 Å². The Balaban J connectivity index is 1.67. The highest BCUT2D eigenvalue weighted by molar-refractivity contribution is 5.75. The average molecular weight is 269 g/mol. The van der Waals surface area contributed by atoms with Crippen LogP contribution in [0, 0.1) is 6.92 Å². The van der Waals surface area contributed by atoms with E-state index in [1.54, 1.807) is 12.5 Å². The second kappa shape index (κ2) is 5.51. The zero-order chi connectivity index (χ0) is 13.9. The molecule has 1 N–H and O–H groups in total. The van der Waals surface area contributed by atoms with Crippen molar-refractivity contribution in [2.75, 3.05) is 6.54 Å². The van der Waals surface area contributed by atoms with Gasteiger partial charge in [0.15, 0.2) is 0 Å². The SMILES string of the molecule is Cc1nc2ccccc2n1CCNC(C)c1ccoc1. The van der Waals surface area contributed by atoms with Gasteiger partial charge in [-0.1, -0.05) is 12.1 Å². The van der Waals surface area contributed by atoms with E-state index in [9.17, 15) is 0 Å². The zero-order valence-electron chi connectivity index (χ0n) is 11.8. The molecule has 0 spiro atoms. The van der Waals surface area contributed by atoms with Crippen LogP contribution in [0.1, 0.15) is 24.4 Å². The van der Waals surface area contributed by atoms with Gasteiger partial charge < -0.3 is 14.3 Å². The fourth-order valence-electron chi connectivity index (χ4n) is 2.51. The first-order valence-electron chi connectivity index (χ1n) is 6.93. The van der Waals surface area contributed by atoms with Gasteiger partial charge in [0.1, 0.15) is 5.82 Å². The molecule has 0 aliphatic rings. The lowest BCUT2D eigenvalue weighted by molar-refractivity contribution is 0.517. The molecule has 1 atom stereocenters. The van der Waals surface area contributed by atoms with Gasteiger partial charge in [-0.2, -0.15) is 0 Å². The molecule has 2 aromatic heterocycles. The molecule has 2 heterocycles. The van der Waals surface area contributed by atoms with Crippen LogP contribution >= 0.6 is 0 Å². The van der Waals surface area contributed by atoms with Gasteiger partial charge in [0.05, 0.1) is 23.6 Å². The number of fused-ring (bicyclic) bond motifs is 1. The van der Waals surface area contributed by atoms with Gasteiger partial charge in [0.25, 0.3) is 0 Å². The van der Waals surface area contributed by atoms with Crippen LogP contribution in [0.5, 0.6) is 0 Å². The number of aryl methyl sites for hydroxylation is 1. The number of nitrogens with one attached hydrogen (secondary N) is 1. The van der Waals surface area contributed by atoms with Crippen molar-refractivity contribution in [3.63, 3.8) is 0 Å². The zero-order valence-corrected chi connectivity index (χ0v) is 11.8. The quantitative estimate of drug-likeness (QED) is 0.773. The molecule has 1 aromatic carbocycles. The van der Waals surface area contributed by atoms with E-state index >= 15 is 0 Å². The lowest BCUT2D eigenvalue weighted by Gasteiger charge is -2.13. The van der Waals surface area contributed by atoms with Gasteiger partial charge in [-0.3, -0.25) is 0 Å². The van der Waals surface area contributed by atoms with Gasteiger partial charge in [-0.15, -0.1) is 0 Å². The predicted molar refractivity (Wildman–Crippen MR) is 79.6 cm³/mol. The fraction of sp³-hybridized carbons (Fsp3) is 0.312. The monoisotopic (exact) mass is 269 g/mol. The number of imidazole rings is 1. The number of rotatable bonds is 5. The normalized spacial score (nSPS) is 12.9. The van der Waals surface area contributed by atoms with E-state index in [2.05, 4.69) is 46.9 Å². The second-order valence-electron chi connectivity index (χ2n) is 5.03. The van der Waals surface area contributed by atoms with Crippen molar-refractivity contribution in [3.05, 3.63) is 54.2 Å². The van der Waals surface area contributed by atoms with Gasteiger partial charge in [0, 0.05) is 24.7 Å². The van der Waals surface area contributed by atoms with Crippen LogP contribution in [-0.2, 0) is 6.54 Å². The van der Waals surface area contributed by atoms with Crippen molar-refractivity contribution in [1.82, 2.24) is 14.9 Å². The molecular formula is C16H19N3O. The minimum Gasteiger partial charge on any atom is -0.472 e. The second-order valence-corrected chi connectivity index (χ2v) is 5.03. The van der Waals surface area contributed by atoms with E-state index < -0.39 is 0 Å². The summed E-state index contributed by atoms with van der Waals surface area (Å²) in [6.45, 7) is 6.01. The van der Waals surface area contributed by atoms with Crippen molar-refractivity contribution in [2.24, 2.45) is 0 Å². The Morgan fingerprint density at radius 1 is 1.30 bits per heavy atom. The fourth-order valence-corrected chi connectivity index (χ4v) is 2.51. The Kier molecular flexibility index (Phi) is 3.56. The molecule has 4 nitrogen and oxygen atoms in total. The molecule has 0 radical (unpaired) electrons. The van der Waals surface area contributed by atoms with E-state index in [4.69, 9.17) is 4.42 Å². The third-order valence-electron chi connectivity index (χ3n) is 3.67. The average Bonchev–Trinajstić information content (AvgIpc) is 3.07. The van der Waals surface area contributed by atoms with Crippen molar-refractivity contribution in [2.45, 2.75) is 26.4 Å². The molecule has 1 unspecified atom stereocenters. The summed E-state index contributed by atoms with van der Waals surface area (Å²) in [5.41, 5.74) is 3.44. The van der Waals surface area contributed by atoms with Crippen molar-refractivity contribution < 1.29 is 4.42 Å². The molecular weight excluding hydrogens is 250 g/mol. The summed E-state index contributed by atoms with van der Waals surface area (Å²) in [7, 11) is 0. The Labute approximate surface area is 118 Å². The molecule has 4 heteroatoms. The van der Waals surface area contributed by atoms with Gasteiger partial charge in [-0.25, -0.2) is 4.98 Å². The number of para-hydroxylation sites is 2. The molecule has 20 heavy (non-hydrogen) atoms. The number of nitrogens with zero attached hydrogens (tertiary/aromatic N) is 2. The molecule has 0 bridgehead atoms. The van der Waals surface area contributed by atoms with Crippen LogP contribution in [0.4, 0.5) is 0 Å². The maximum atomic E-state index is 5.11. The molecule has 104 valence electrons. The topological polar surface area (TPSA) is 43.0 Å². The third-order valence-corrected chi connectivity index (χ3v) is 3.67. The minimum atomic E-state index is 0.295. The number of benzene rings is 1. The highest BCUT2D eigenvalue weighted by Gasteiger charge is 2.08. The molecule has 3 rings (SSSR count). The third kappa shape index (κ3) is 2.47. The summed E-state index contributed by atoms with van der Waals surface area (Å²) in [6.07, 6.45) is 3.50. The van der Waals surface area contributed by atoms with E-state index in [1.807, 2.05) is 12.1 Å². The van der Waals surface area contributed by atoms with Crippen LogP contribution in [0.2, 0.25) is 0 Å². The number of hydrogen-bond acceptors (Lipinski definition) is 3. The Hall–Kier alpha value is -2.07. The Bertz CT molecular complexity index is 685. The maximum absolute atomic E-state index is 5.11. The first-order valence-corrected chi connectivity index (χ1v) is 6.93. The van der Waals surface area contributed by atoms with Crippen LogP contribution in [0.25, 0.3) is 11.0 Å². The lowest BCUT2D eigenvalue weighted by Crippen LogP contribution is -2.23. The summed E-state index contributed by atoms with van der Waals surface area (Å²) >= 11 is 0. The number of furan rings is 1. The molecule has 0 amide bonds. The van der Waals surface area contributed by atoms with E-state index in [0.717, 1.165) is 24.4 Å². The van der Waals surface area contributed by atoms with Crippen molar-refractivity contribution >= 4 is 11.0 Å². The van der Waals surface area contributed by atoms with E-state index in [1.165, 1.54) is 11.1 Å². The van der Waals surface area contributed by atoms with E-state index in [-0.39, 0.29) is 0 Å². The summed E-state index contributed by atoms with van der Waals surface area (Å²) < 4.78 is 7.36. The first kappa shape index (κ1) is 12.9. The molecule has 3 aromatic rings. The smallest absolute Gasteiger partial charge is 0.106 e. The maximum Gasteiger partial charge on any atom is 0.106 e. The van der Waals surface area contributed by atoms with Gasteiger partial charge in [0.2, 0.25) is 0 Å². The molecule has 0 saturated carbocycles. The van der Waals surface area contributed by atoms with Crippen LogP contribution in [0.3, 0.4) is 0 Å². The summed E-state index contributed by atoms with van der Waals surface area (Å²) in [6, 6.07) is 10.5. The minimum absolute atomic E-state index is 0.295. The Morgan fingerprint density at radius 3 is 2.95 bits per heavy atom. The molecule has 0 aliphatic heterocycles. The number of hydrogen-bond donors (Lipinski definition) is 1. The Morgan fingerprint density at radius 2 is 2.15 bits per heavy atom. The van der Waals surface area contributed by atoms with Gasteiger partial charge >= 0.3 is 0 Å². The predicted octanol–water partition coefficient (Wildman–Crippen LogP) is 3.29. The summed E-state index contributed by atoms with van der Waals surface area (Å²) in [5.74, 6) is 1.06.